The minimum Gasteiger partial charge on any atom is -0.368 e. The van der Waals surface area contributed by atoms with Crippen molar-refractivity contribution in [2.24, 2.45) is 17.6 Å². The van der Waals surface area contributed by atoms with Gasteiger partial charge >= 0.3 is 0 Å². The molecular formula is C19H29N5O3. The highest BCUT2D eigenvalue weighted by molar-refractivity contribution is 5.92. The van der Waals surface area contributed by atoms with Crippen molar-refractivity contribution in [1.82, 2.24) is 20.0 Å². The van der Waals surface area contributed by atoms with E-state index in [9.17, 15) is 9.59 Å². The average molecular weight is 375 g/mol. The number of ether oxygens (including phenoxy) is 1. The monoisotopic (exact) mass is 375 g/mol. The normalized spacial score (nSPS) is 31.6. The van der Waals surface area contributed by atoms with Crippen LogP contribution in [0.4, 0.5) is 0 Å². The van der Waals surface area contributed by atoms with Crippen LogP contribution in [0.3, 0.4) is 0 Å². The number of nitrogens with one attached hydrogen (secondary N) is 1. The molecule has 148 valence electrons. The van der Waals surface area contributed by atoms with E-state index >= 15 is 0 Å². The molecule has 3 fully saturated rings. The molecule has 4 rings (SSSR count). The number of carbonyl (C=O) groups is 2. The molecule has 0 radical (unpaired) electrons. The summed E-state index contributed by atoms with van der Waals surface area (Å²) in [4.78, 5) is 27.7. The molecule has 1 aromatic rings. The Bertz CT molecular complexity index is 776. The first-order valence-electron chi connectivity index (χ1n) is 9.89. The van der Waals surface area contributed by atoms with Gasteiger partial charge in [-0.15, -0.1) is 0 Å². The predicted molar refractivity (Wildman–Crippen MR) is 98.7 cm³/mol. The lowest BCUT2D eigenvalue weighted by atomic mass is 9.73. The van der Waals surface area contributed by atoms with Crippen LogP contribution < -0.4 is 11.1 Å². The number of nitrogens with two attached hydrogens (primary N) is 1. The molecular weight excluding hydrogens is 346 g/mol. The zero-order valence-corrected chi connectivity index (χ0v) is 16.3. The lowest BCUT2D eigenvalue weighted by Crippen LogP contribution is -2.45. The SMILES string of the molecule is CCn1nc(C)c(CNC(=O)[C@H]2[C@@H]3CC[C@@]4(CN(CCN)C(=O)[C@@H]24)O3)c1C. The van der Waals surface area contributed by atoms with Crippen LogP contribution in [-0.4, -0.2) is 57.8 Å². The minimum absolute atomic E-state index is 0.0222. The molecule has 0 aromatic carbocycles. The molecule has 2 bridgehead atoms. The van der Waals surface area contributed by atoms with E-state index in [1.807, 2.05) is 25.5 Å². The molecule has 3 saturated heterocycles. The van der Waals surface area contributed by atoms with E-state index in [0.717, 1.165) is 36.3 Å². The van der Waals surface area contributed by atoms with Crippen LogP contribution in [0.25, 0.3) is 0 Å². The van der Waals surface area contributed by atoms with Crippen LogP contribution in [-0.2, 0) is 27.4 Å². The first kappa shape index (κ1) is 18.4. The molecule has 0 unspecified atom stereocenters. The molecule has 27 heavy (non-hydrogen) atoms. The zero-order chi connectivity index (χ0) is 19.3. The van der Waals surface area contributed by atoms with Gasteiger partial charge in [0.05, 0.1) is 35.8 Å². The molecule has 3 aliphatic heterocycles. The Morgan fingerprint density at radius 3 is 2.89 bits per heavy atom. The van der Waals surface area contributed by atoms with Crippen molar-refractivity contribution in [3.8, 4) is 0 Å². The largest absolute Gasteiger partial charge is 0.368 e. The Morgan fingerprint density at radius 1 is 1.44 bits per heavy atom. The Kier molecular flexibility index (Phi) is 4.50. The number of hydrogen-bond donors (Lipinski definition) is 2. The third kappa shape index (κ3) is 2.69. The van der Waals surface area contributed by atoms with Crippen molar-refractivity contribution in [1.29, 1.82) is 0 Å². The molecule has 3 N–H and O–H groups in total. The third-order valence-electron chi connectivity index (χ3n) is 6.57. The van der Waals surface area contributed by atoms with E-state index in [-0.39, 0.29) is 23.8 Å². The Morgan fingerprint density at radius 2 is 2.22 bits per heavy atom. The minimum atomic E-state index is -0.488. The molecule has 0 saturated carbocycles. The molecule has 8 heteroatoms. The summed E-state index contributed by atoms with van der Waals surface area (Å²) < 4.78 is 8.15. The fraction of sp³-hybridized carbons (Fsp3) is 0.737. The average Bonchev–Trinajstić information content (AvgIpc) is 3.34. The Balaban J connectivity index is 1.50. The fourth-order valence-corrected chi connectivity index (χ4v) is 5.28. The molecule has 1 spiro atoms. The topological polar surface area (TPSA) is 102 Å². The van der Waals surface area contributed by atoms with Gasteiger partial charge in [-0.05, 0) is 33.6 Å². The molecule has 3 aliphatic rings. The molecule has 4 heterocycles. The first-order chi connectivity index (χ1) is 12.9. The van der Waals surface area contributed by atoms with Gasteiger partial charge in [-0.1, -0.05) is 0 Å². The lowest BCUT2D eigenvalue weighted by molar-refractivity contribution is -0.138. The number of nitrogens with zero attached hydrogens (tertiary/aromatic N) is 3. The Labute approximate surface area is 159 Å². The van der Waals surface area contributed by atoms with Crippen molar-refractivity contribution < 1.29 is 14.3 Å². The van der Waals surface area contributed by atoms with Gasteiger partial charge in [-0.3, -0.25) is 14.3 Å². The molecule has 0 aliphatic carbocycles. The summed E-state index contributed by atoms with van der Waals surface area (Å²) in [7, 11) is 0. The van der Waals surface area contributed by atoms with E-state index in [1.165, 1.54) is 0 Å². The van der Waals surface area contributed by atoms with Crippen LogP contribution in [0.1, 0.15) is 36.7 Å². The van der Waals surface area contributed by atoms with Gasteiger partial charge in [0.15, 0.2) is 0 Å². The first-order valence-corrected chi connectivity index (χ1v) is 9.89. The van der Waals surface area contributed by atoms with E-state index in [2.05, 4.69) is 10.4 Å². The summed E-state index contributed by atoms with van der Waals surface area (Å²) >= 11 is 0. The van der Waals surface area contributed by atoms with E-state index in [0.29, 0.717) is 26.2 Å². The van der Waals surface area contributed by atoms with Gasteiger partial charge in [-0.25, -0.2) is 0 Å². The number of carbonyl (C=O) groups excluding carboxylic acids is 2. The predicted octanol–water partition coefficient (Wildman–Crippen LogP) is 0.101. The quantitative estimate of drug-likeness (QED) is 0.734. The standard InChI is InChI=1S/C19H29N5O3/c1-4-24-12(3)13(11(2)22-24)9-21-17(25)15-14-5-6-19(27-14)10-23(8-7-20)18(26)16(15)19/h14-16H,4-10,20H2,1-3H3,(H,21,25)/t14-,15-,16+,19-/m0/s1. The maximum absolute atomic E-state index is 13.0. The number of likely N-dealkylation sites (tertiary alicyclic amines) is 1. The van der Waals surface area contributed by atoms with Gasteiger partial charge in [0.2, 0.25) is 11.8 Å². The molecule has 8 nitrogen and oxygen atoms in total. The maximum Gasteiger partial charge on any atom is 0.229 e. The second kappa shape index (κ2) is 6.60. The number of aromatic nitrogens is 2. The second-order valence-electron chi connectivity index (χ2n) is 7.99. The van der Waals surface area contributed by atoms with Crippen molar-refractivity contribution in [2.75, 3.05) is 19.6 Å². The highest BCUT2D eigenvalue weighted by Gasteiger charge is 2.68. The van der Waals surface area contributed by atoms with Crippen LogP contribution in [0.2, 0.25) is 0 Å². The third-order valence-corrected chi connectivity index (χ3v) is 6.57. The van der Waals surface area contributed by atoms with Crippen LogP contribution in [0, 0.1) is 25.7 Å². The van der Waals surface area contributed by atoms with Crippen molar-refractivity contribution in [3.63, 3.8) is 0 Å². The summed E-state index contributed by atoms with van der Waals surface area (Å²) in [6.07, 6.45) is 1.53. The van der Waals surface area contributed by atoms with Gasteiger partial charge in [0.25, 0.3) is 0 Å². The van der Waals surface area contributed by atoms with Crippen molar-refractivity contribution in [3.05, 3.63) is 17.0 Å². The second-order valence-corrected chi connectivity index (χ2v) is 7.99. The van der Waals surface area contributed by atoms with Gasteiger partial charge < -0.3 is 20.7 Å². The van der Waals surface area contributed by atoms with E-state index in [1.54, 1.807) is 4.90 Å². The number of fused-ring (bicyclic) bond motifs is 1. The summed E-state index contributed by atoms with van der Waals surface area (Å²) in [5, 5.41) is 7.56. The molecule has 1 aromatic heterocycles. The smallest absolute Gasteiger partial charge is 0.229 e. The summed E-state index contributed by atoms with van der Waals surface area (Å²) in [6, 6.07) is 0. The molecule has 4 atom stereocenters. The van der Waals surface area contributed by atoms with Gasteiger partial charge in [-0.2, -0.15) is 5.10 Å². The summed E-state index contributed by atoms with van der Waals surface area (Å²) in [5.41, 5.74) is 8.20. The number of hydrogen-bond acceptors (Lipinski definition) is 5. The summed E-state index contributed by atoms with van der Waals surface area (Å²) in [5.74, 6) is -0.842. The van der Waals surface area contributed by atoms with E-state index in [4.69, 9.17) is 10.5 Å². The number of amides is 2. The summed E-state index contributed by atoms with van der Waals surface area (Å²) in [6.45, 7) is 8.77. The highest BCUT2D eigenvalue weighted by atomic mass is 16.5. The van der Waals surface area contributed by atoms with Crippen LogP contribution in [0.5, 0.6) is 0 Å². The Hall–Kier alpha value is -1.93. The highest BCUT2D eigenvalue weighted by Crippen LogP contribution is 2.55. The van der Waals surface area contributed by atoms with Gasteiger partial charge in [0, 0.05) is 37.4 Å². The zero-order valence-electron chi connectivity index (χ0n) is 16.3. The van der Waals surface area contributed by atoms with Crippen LogP contribution >= 0.6 is 0 Å². The molecule has 2 amide bonds. The lowest BCUT2D eigenvalue weighted by Gasteiger charge is -2.27. The van der Waals surface area contributed by atoms with Crippen molar-refractivity contribution in [2.45, 2.75) is 58.4 Å². The number of aryl methyl sites for hydroxylation is 2. The van der Waals surface area contributed by atoms with Crippen LogP contribution in [0.15, 0.2) is 0 Å². The van der Waals surface area contributed by atoms with Crippen molar-refractivity contribution >= 4 is 11.8 Å². The van der Waals surface area contributed by atoms with Gasteiger partial charge in [0.1, 0.15) is 0 Å². The fourth-order valence-electron chi connectivity index (χ4n) is 5.28. The van der Waals surface area contributed by atoms with E-state index < -0.39 is 11.5 Å². The maximum atomic E-state index is 13.0. The number of rotatable bonds is 6.